The summed E-state index contributed by atoms with van der Waals surface area (Å²) in [4.78, 5) is 4.35. The molecule has 0 saturated heterocycles. The molecule has 3 heteroatoms. The van der Waals surface area contributed by atoms with Gasteiger partial charge in [-0.3, -0.25) is 16.3 Å². The highest BCUT2D eigenvalue weighted by Gasteiger charge is 2.02. The second-order valence-corrected chi connectivity index (χ2v) is 3.31. The monoisotopic (exact) mass is 187 g/mol. The van der Waals surface area contributed by atoms with Gasteiger partial charge in [-0.05, 0) is 17.9 Å². The molecule has 1 heterocycles. The molecule has 0 fully saturated rings. The summed E-state index contributed by atoms with van der Waals surface area (Å²) in [6.07, 6.45) is 1.88. The van der Waals surface area contributed by atoms with Crippen LogP contribution in [0.1, 0.15) is 11.3 Å². The van der Waals surface area contributed by atoms with Crippen LogP contribution in [0.5, 0.6) is 0 Å². The molecule has 2 rings (SSSR count). The lowest BCUT2D eigenvalue weighted by Gasteiger charge is -2.06. The lowest BCUT2D eigenvalue weighted by atomic mass is 10.1. The first-order valence-electron chi connectivity index (χ1n) is 4.59. The van der Waals surface area contributed by atoms with E-state index in [0.717, 1.165) is 5.69 Å². The van der Waals surface area contributed by atoms with E-state index in [9.17, 15) is 0 Å². The molecule has 2 aromatic rings. The topological polar surface area (TPSA) is 50.9 Å². The number of aryl methyl sites for hydroxylation is 1. The van der Waals surface area contributed by atoms with E-state index in [1.54, 1.807) is 0 Å². The first kappa shape index (κ1) is 9.12. The molecule has 3 N–H and O–H groups in total. The van der Waals surface area contributed by atoms with Gasteiger partial charge in [0, 0.05) is 11.6 Å². The van der Waals surface area contributed by atoms with Gasteiger partial charge in [-0.15, -0.1) is 0 Å². The van der Waals surface area contributed by atoms with Gasteiger partial charge in [0.15, 0.2) is 0 Å². The Morgan fingerprint density at radius 2 is 2.00 bits per heavy atom. The highest BCUT2D eigenvalue weighted by Crippen LogP contribution is 2.19. The van der Waals surface area contributed by atoms with Crippen LogP contribution in [0.15, 0.2) is 30.5 Å². The second-order valence-electron chi connectivity index (χ2n) is 3.31. The highest BCUT2D eigenvalue weighted by atomic mass is 15.2. The minimum absolute atomic E-state index is 0.598. The van der Waals surface area contributed by atoms with Crippen molar-refractivity contribution in [3.8, 4) is 0 Å². The molecule has 0 amide bonds. The van der Waals surface area contributed by atoms with E-state index in [2.05, 4.69) is 29.5 Å². The molecule has 1 aromatic carbocycles. The maximum atomic E-state index is 5.30. The predicted octanol–water partition coefficient (Wildman–Crippen LogP) is 1.51. The lowest BCUT2D eigenvalue weighted by molar-refractivity contribution is 0.728. The number of benzene rings is 1. The average molecular weight is 187 g/mol. The molecule has 14 heavy (non-hydrogen) atoms. The van der Waals surface area contributed by atoms with Crippen LogP contribution in [0.2, 0.25) is 0 Å². The molecule has 0 atom stereocenters. The number of hydrogen-bond acceptors (Lipinski definition) is 3. The van der Waals surface area contributed by atoms with Crippen LogP contribution in [-0.2, 0) is 6.54 Å². The van der Waals surface area contributed by atoms with Crippen LogP contribution in [0.25, 0.3) is 10.8 Å². The minimum Gasteiger partial charge on any atom is -0.271 e. The van der Waals surface area contributed by atoms with E-state index in [-0.39, 0.29) is 0 Å². The quantitative estimate of drug-likeness (QED) is 0.553. The molecule has 0 spiro atoms. The maximum Gasteiger partial charge on any atom is 0.0634 e. The zero-order valence-corrected chi connectivity index (χ0v) is 8.12. The van der Waals surface area contributed by atoms with Crippen LogP contribution >= 0.6 is 0 Å². The summed E-state index contributed by atoms with van der Waals surface area (Å²) in [5, 5.41) is 2.42. The number of pyridine rings is 1. The van der Waals surface area contributed by atoms with E-state index in [1.807, 2.05) is 18.3 Å². The lowest BCUT2D eigenvalue weighted by Crippen LogP contribution is -2.21. The predicted molar refractivity (Wildman–Crippen MR) is 57.5 cm³/mol. The molecule has 72 valence electrons. The second kappa shape index (κ2) is 3.74. The normalized spacial score (nSPS) is 10.7. The third kappa shape index (κ3) is 1.47. The number of nitrogens with two attached hydrogens (primary N) is 1. The van der Waals surface area contributed by atoms with Crippen molar-refractivity contribution in [2.45, 2.75) is 13.5 Å². The summed E-state index contributed by atoms with van der Waals surface area (Å²) in [6, 6.07) is 8.23. The summed E-state index contributed by atoms with van der Waals surface area (Å²) in [6.45, 7) is 2.66. The zero-order chi connectivity index (χ0) is 9.97. The van der Waals surface area contributed by atoms with Gasteiger partial charge in [0.1, 0.15) is 0 Å². The number of rotatable bonds is 2. The minimum atomic E-state index is 0.598. The smallest absolute Gasteiger partial charge is 0.0634 e. The van der Waals surface area contributed by atoms with Gasteiger partial charge in [0.05, 0.1) is 12.2 Å². The molecule has 0 aliphatic rings. The van der Waals surface area contributed by atoms with Crippen molar-refractivity contribution in [2.75, 3.05) is 0 Å². The Kier molecular flexibility index (Phi) is 2.43. The summed E-state index contributed by atoms with van der Waals surface area (Å²) in [7, 11) is 0. The van der Waals surface area contributed by atoms with Crippen molar-refractivity contribution in [3.63, 3.8) is 0 Å². The van der Waals surface area contributed by atoms with E-state index < -0.39 is 0 Å². The van der Waals surface area contributed by atoms with Crippen molar-refractivity contribution in [2.24, 2.45) is 5.84 Å². The fourth-order valence-electron chi connectivity index (χ4n) is 1.63. The number of nitrogens with one attached hydrogen (secondary N) is 1. The van der Waals surface area contributed by atoms with Crippen molar-refractivity contribution < 1.29 is 0 Å². The Labute approximate surface area is 82.9 Å². The van der Waals surface area contributed by atoms with E-state index in [4.69, 9.17) is 5.84 Å². The fraction of sp³-hybridized carbons (Fsp3) is 0.182. The van der Waals surface area contributed by atoms with E-state index >= 15 is 0 Å². The van der Waals surface area contributed by atoms with Gasteiger partial charge >= 0.3 is 0 Å². The molecule has 0 radical (unpaired) electrons. The van der Waals surface area contributed by atoms with E-state index in [1.165, 1.54) is 16.3 Å². The summed E-state index contributed by atoms with van der Waals surface area (Å²) in [5.74, 6) is 5.30. The molecule has 0 bridgehead atoms. The van der Waals surface area contributed by atoms with Gasteiger partial charge in [0.25, 0.3) is 0 Å². The number of nitrogens with zero attached hydrogens (tertiary/aromatic N) is 1. The van der Waals surface area contributed by atoms with Gasteiger partial charge in [-0.25, -0.2) is 0 Å². The largest absolute Gasteiger partial charge is 0.271 e. The molecule has 0 aliphatic carbocycles. The van der Waals surface area contributed by atoms with Crippen molar-refractivity contribution in [1.29, 1.82) is 0 Å². The molecule has 0 unspecified atom stereocenters. The number of fused-ring (bicyclic) bond motifs is 1. The molecular weight excluding hydrogens is 174 g/mol. The first-order valence-corrected chi connectivity index (χ1v) is 4.59. The standard InChI is InChI=1S/C11H13N3/c1-8-6-13-11(7-14-12)10-5-3-2-4-9(8)10/h2-6,14H,7,12H2,1H3. The third-order valence-electron chi connectivity index (χ3n) is 2.35. The Morgan fingerprint density at radius 1 is 1.29 bits per heavy atom. The highest BCUT2D eigenvalue weighted by molar-refractivity contribution is 5.87. The Hall–Kier alpha value is -1.45. The number of aromatic nitrogens is 1. The Bertz CT molecular complexity index is 451. The van der Waals surface area contributed by atoms with Crippen molar-refractivity contribution >= 4 is 10.8 Å². The summed E-state index contributed by atoms with van der Waals surface area (Å²) < 4.78 is 0. The van der Waals surface area contributed by atoms with Gasteiger partial charge in [0.2, 0.25) is 0 Å². The zero-order valence-electron chi connectivity index (χ0n) is 8.12. The summed E-state index contributed by atoms with van der Waals surface area (Å²) in [5.41, 5.74) is 4.82. The Balaban J connectivity index is 2.68. The summed E-state index contributed by atoms with van der Waals surface area (Å²) >= 11 is 0. The van der Waals surface area contributed by atoms with Crippen LogP contribution in [0.3, 0.4) is 0 Å². The Morgan fingerprint density at radius 3 is 2.71 bits per heavy atom. The fourth-order valence-corrected chi connectivity index (χ4v) is 1.63. The molecule has 3 nitrogen and oxygen atoms in total. The first-order chi connectivity index (χ1) is 6.83. The van der Waals surface area contributed by atoms with Crippen LogP contribution in [-0.4, -0.2) is 4.98 Å². The number of hydrazine groups is 1. The molecule has 1 aromatic heterocycles. The third-order valence-corrected chi connectivity index (χ3v) is 2.35. The molecular formula is C11H13N3. The van der Waals surface area contributed by atoms with Crippen LogP contribution < -0.4 is 11.3 Å². The SMILES string of the molecule is Cc1cnc(CNN)c2ccccc12. The van der Waals surface area contributed by atoms with Gasteiger partial charge < -0.3 is 0 Å². The van der Waals surface area contributed by atoms with E-state index in [0.29, 0.717) is 6.54 Å². The molecule has 0 aliphatic heterocycles. The number of hydrogen-bond donors (Lipinski definition) is 2. The average Bonchev–Trinajstić information content (AvgIpc) is 2.23. The maximum absolute atomic E-state index is 5.30. The van der Waals surface area contributed by atoms with Crippen LogP contribution in [0, 0.1) is 6.92 Å². The van der Waals surface area contributed by atoms with Crippen LogP contribution in [0.4, 0.5) is 0 Å². The molecule has 0 saturated carbocycles. The van der Waals surface area contributed by atoms with Crippen molar-refractivity contribution in [1.82, 2.24) is 10.4 Å². The van der Waals surface area contributed by atoms with Crippen molar-refractivity contribution in [3.05, 3.63) is 41.7 Å². The van der Waals surface area contributed by atoms with Gasteiger partial charge in [-0.1, -0.05) is 24.3 Å². The van der Waals surface area contributed by atoms with Gasteiger partial charge in [-0.2, -0.15) is 0 Å².